The molecular formula is C17H21ClN4O. The highest BCUT2D eigenvalue weighted by atomic mass is 35.5. The van der Waals surface area contributed by atoms with Crippen LogP contribution >= 0.6 is 11.6 Å². The maximum atomic E-state index is 12.2. The number of nitrogens with one attached hydrogen (secondary N) is 2. The Bertz CT molecular complexity index is 664. The summed E-state index contributed by atoms with van der Waals surface area (Å²) in [6, 6.07) is 9.80. The lowest BCUT2D eigenvalue weighted by molar-refractivity contribution is 0.0948. The molecule has 3 rings (SSSR count). The van der Waals surface area contributed by atoms with Gasteiger partial charge in [-0.25, -0.2) is 0 Å². The molecule has 6 heteroatoms. The van der Waals surface area contributed by atoms with E-state index in [2.05, 4.69) is 15.7 Å². The average Bonchev–Trinajstić information content (AvgIpc) is 3.06. The third-order valence-electron chi connectivity index (χ3n) is 4.07. The van der Waals surface area contributed by atoms with E-state index in [9.17, 15) is 4.79 Å². The lowest BCUT2D eigenvalue weighted by Gasteiger charge is -2.22. The molecule has 23 heavy (non-hydrogen) atoms. The molecule has 1 fully saturated rings. The first-order valence-electron chi connectivity index (χ1n) is 8.01. The monoisotopic (exact) mass is 332 g/mol. The number of aromatic nitrogens is 2. The maximum absolute atomic E-state index is 12.2. The molecule has 1 aromatic heterocycles. The normalized spacial score (nSPS) is 17.9. The molecule has 122 valence electrons. The van der Waals surface area contributed by atoms with Gasteiger partial charge in [-0.2, -0.15) is 5.10 Å². The molecule has 5 nitrogen and oxygen atoms in total. The third kappa shape index (κ3) is 4.33. The quantitative estimate of drug-likeness (QED) is 0.884. The zero-order valence-corrected chi connectivity index (χ0v) is 13.7. The van der Waals surface area contributed by atoms with Gasteiger partial charge in [0, 0.05) is 24.3 Å². The fourth-order valence-electron chi connectivity index (χ4n) is 2.83. The highest BCUT2D eigenvalue weighted by molar-refractivity contribution is 6.30. The second-order valence-electron chi connectivity index (χ2n) is 5.82. The number of carbonyl (C=O) groups is 1. The minimum absolute atomic E-state index is 0.130. The molecule has 0 bridgehead atoms. The van der Waals surface area contributed by atoms with Gasteiger partial charge in [-0.1, -0.05) is 23.7 Å². The van der Waals surface area contributed by atoms with E-state index < -0.39 is 0 Å². The number of piperidine rings is 1. The summed E-state index contributed by atoms with van der Waals surface area (Å²) in [6.07, 6.45) is 4.89. The summed E-state index contributed by atoms with van der Waals surface area (Å²) in [4.78, 5) is 12.2. The second-order valence-corrected chi connectivity index (χ2v) is 6.25. The molecule has 2 N–H and O–H groups in total. The van der Waals surface area contributed by atoms with E-state index in [0.717, 1.165) is 37.9 Å². The molecule has 2 heterocycles. The Labute approximate surface area is 141 Å². The topological polar surface area (TPSA) is 59.0 Å². The van der Waals surface area contributed by atoms with E-state index in [1.54, 1.807) is 6.07 Å². The molecule has 0 saturated carbocycles. The Hall–Kier alpha value is -1.85. The highest BCUT2D eigenvalue weighted by Gasteiger charge is 2.17. The van der Waals surface area contributed by atoms with E-state index >= 15 is 0 Å². The fourth-order valence-corrected chi connectivity index (χ4v) is 3.04. The smallest absolute Gasteiger partial charge is 0.271 e. The summed E-state index contributed by atoms with van der Waals surface area (Å²) in [5, 5.41) is 11.4. The van der Waals surface area contributed by atoms with E-state index in [4.69, 9.17) is 11.6 Å². The van der Waals surface area contributed by atoms with Gasteiger partial charge in [0.15, 0.2) is 0 Å². The summed E-state index contributed by atoms with van der Waals surface area (Å²) < 4.78 is 1.90. The lowest BCUT2D eigenvalue weighted by atomic mass is 10.1. The van der Waals surface area contributed by atoms with Crippen LogP contribution in [0.15, 0.2) is 36.5 Å². The van der Waals surface area contributed by atoms with Crippen LogP contribution in [0.5, 0.6) is 0 Å². The fraction of sp³-hybridized carbons (Fsp3) is 0.412. The maximum Gasteiger partial charge on any atom is 0.271 e. The van der Waals surface area contributed by atoms with Crippen LogP contribution in [-0.4, -0.2) is 35.3 Å². The molecule has 1 aromatic carbocycles. The predicted octanol–water partition coefficient (Wildman–Crippen LogP) is 2.43. The van der Waals surface area contributed by atoms with Crippen molar-refractivity contribution in [3.8, 4) is 0 Å². The summed E-state index contributed by atoms with van der Waals surface area (Å²) in [7, 11) is 0. The van der Waals surface area contributed by atoms with Gasteiger partial charge in [-0.05, 0) is 49.6 Å². The Morgan fingerprint density at radius 3 is 3.13 bits per heavy atom. The molecule has 1 saturated heterocycles. The Morgan fingerprint density at radius 1 is 1.43 bits per heavy atom. The number of amides is 1. The number of hydrogen-bond acceptors (Lipinski definition) is 3. The van der Waals surface area contributed by atoms with Crippen molar-refractivity contribution in [2.24, 2.45) is 0 Å². The molecule has 0 radical (unpaired) electrons. The van der Waals surface area contributed by atoms with Crippen molar-refractivity contribution in [2.75, 3.05) is 19.6 Å². The van der Waals surface area contributed by atoms with Gasteiger partial charge < -0.3 is 10.6 Å². The van der Waals surface area contributed by atoms with Gasteiger partial charge in [-0.3, -0.25) is 9.48 Å². The lowest BCUT2D eigenvalue weighted by Crippen LogP contribution is -2.32. The molecular weight excluding hydrogens is 312 g/mol. The molecule has 1 amide bonds. The van der Waals surface area contributed by atoms with Gasteiger partial charge in [0.25, 0.3) is 5.91 Å². The van der Waals surface area contributed by atoms with Crippen LogP contribution < -0.4 is 10.6 Å². The first-order valence-corrected chi connectivity index (χ1v) is 8.39. The summed E-state index contributed by atoms with van der Waals surface area (Å²) >= 11 is 5.95. The third-order valence-corrected chi connectivity index (χ3v) is 4.31. The zero-order valence-electron chi connectivity index (χ0n) is 13.0. The van der Waals surface area contributed by atoms with Crippen molar-refractivity contribution in [1.82, 2.24) is 20.4 Å². The second kappa shape index (κ2) is 7.62. The largest absolute Gasteiger partial charge is 0.350 e. The SMILES string of the molecule is O=C(NCCc1cccc(Cl)c1)c1ccn(C2CCCNC2)n1. The molecule has 1 unspecified atom stereocenters. The number of rotatable bonds is 5. The predicted molar refractivity (Wildman–Crippen MR) is 90.9 cm³/mol. The molecule has 1 atom stereocenters. The number of nitrogens with zero attached hydrogens (tertiary/aromatic N) is 2. The zero-order chi connectivity index (χ0) is 16.1. The van der Waals surface area contributed by atoms with Crippen LogP contribution in [0, 0.1) is 0 Å². The Morgan fingerprint density at radius 2 is 2.35 bits per heavy atom. The first-order chi connectivity index (χ1) is 11.2. The van der Waals surface area contributed by atoms with Gasteiger partial charge in [0.1, 0.15) is 5.69 Å². The van der Waals surface area contributed by atoms with Crippen LogP contribution in [-0.2, 0) is 6.42 Å². The van der Waals surface area contributed by atoms with E-state index in [0.29, 0.717) is 23.3 Å². The molecule has 0 spiro atoms. The van der Waals surface area contributed by atoms with E-state index in [1.807, 2.05) is 35.1 Å². The molecule has 1 aliphatic rings. The van der Waals surface area contributed by atoms with Crippen molar-refractivity contribution in [3.63, 3.8) is 0 Å². The minimum atomic E-state index is -0.130. The number of hydrogen-bond donors (Lipinski definition) is 2. The summed E-state index contributed by atoms with van der Waals surface area (Å²) in [5.41, 5.74) is 1.58. The van der Waals surface area contributed by atoms with Crippen molar-refractivity contribution >= 4 is 17.5 Å². The molecule has 2 aromatic rings. The highest BCUT2D eigenvalue weighted by Crippen LogP contribution is 2.15. The standard InChI is InChI=1S/C17H21ClN4O/c18-14-4-1-3-13(11-14)6-9-20-17(23)16-7-10-22(21-16)15-5-2-8-19-12-15/h1,3-4,7,10-11,15,19H,2,5-6,8-9,12H2,(H,20,23). The van der Waals surface area contributed by atoms with Crippen molar-refractivity contribution in [1.29, 1.82) is 0 Å². The summed E-state index contributed by atoms with van der Waals surface area (Å²) in [5.74, 6) is -0.130. The van der Waals surface area contributed by atoms with Gasteiger partial charge in [-0.15, -0.1) is 0 Å². The van der Waals surface area contributed by atoms with Crippen molar-refractivity contribution < 1.29 is 4.79 Å². The Balaban J connectivity index is 1.51. The van der Waals surface area contributed by atoms with Crippen LogP contribution in [0.25, 0.3) is 0 Å². The van der Waals surface area contributed by atoms with E-state index in [-0.39, 0.29) is 5.91 Å². The van der Waals surface area contributed by atoms with E-state index in [1.165, 1.54) is 0 Å². The van der Waals surface area contributed by atoms with Crippen LogP contribution in [0.2, 0.25) is 5.02 Å². The number of carbonyl (C=O) groups excluding carboxylic acids is 1. The minimum Gasteiger partial charge on any atom is -0.350 e. The average molecular weight is 333 g/mol. The number of benzene rings is 1. The van der Waals surface area contributed by atoms with Gasteiger partial charge in [0.05, 0.1) is 6.04 Å². The van der Waals surface area contributed by atoms with Crippen LogP contribution in [0.4, 0.5) is 0 Å². The Kier molecular flexibility index (Phi) is 5.31. The van der Waals surface area contributed by atoms with Crippen LogP contribution in [0.3, 0.4) is 0 Å². The molecule has 1 aliphatic heterocycles. The van der Waals surface area contributed by atoms with Gasteiger partial charge >= 0.3 is 0 Å². The van der Waals surface area contributed by atoms with Gasteiger partial charge in [0.2, 0.25) is 0 Å². The first kappa shape index (κ1) is 16.0. The van der Waals surface area contributed by atoms with Crippen LogP contribution in [0.1, 0.15) is 34.9 Å². The van der Waals surface area contributed by atoms with Crippen molar-refractivity contribution in [3.05, 3.63) is 52.8 Å². The summed E-state index contributed by atoms with van der Waals surface area (Å²) in [6.45, 7) is 2.54. The molecule has 0 aliphatic carbocycles. The van der Waals surface area contributed by atoms with Crippen molar-refractivity contribution in [2.45, 2.75) is 25.3 Å². The number of halogens is 1.